The molecule has 0 aliphatic rings. The number of rotatable bonds is 3. The molecule has 0 atom stereocenters. The first-order chi connectivity index (χ1) is 8.68. The predicted molar refractivity (Wildman–Crippen MR) is 74.3 cm³/mol. The van der Waals surface area contributed by atoms with E-state index in [4.69, 9.17) is 0 Å². The van der Waals surface area contributed by atoms with Crippen LogP contribution in [0.5, 0.6) is 5.75 Å². The van der Waals surface area contributed by atoms with Crippen molar-refractivity contribution in [3.8, 4) is 5.75 Å². The summed E-state index contributed by atoms with van der Waals surface area (Å²) in [5.74, 6) is -0.391. The Morgan fingerprint density at radius 3 is 2.50 bits per heavy atom. The summed E-state index contributed by atoms with van der Waals surface area (Å²) < 4.78 is 0. The van der Waals surface area contributed by atoms with Crippen molar-refractivity contribution in [3.05, 3.63) is 54.1 Å². The van der Waals surface area contributed by atoms with E-state index < -0.39 is 0 Å². The maximum atomic E-state index is 11.8. The molecule has 1 N–H and O–H groups in total. The number of nitrogens with zero attached hydrogens (tertiary/aromatic N) is 1. The van der Waals surface area contributed by atoms with E-state index in [9.17, 15) is 9.90 Å². The Kier molecular flexibility index (Phi) is 3.79. The minimum absolute atomic E-state index is 0.0480. The normalized spacial score (nSPS) is 10.7. The minimum atomic E-state index is -0.343. The number of hydrogen-bond donors (Lipinski definition) is 2. The van der Waals surface area contributed by atoms with Crippen LogP contribution < -0.4 is 0 Å². The quantitative estimate of drug-likeness (QED) is 0.503. The van der Waals surface area contributed by atoms with Gasteiger partial charge in [0.25, 0.3) is 0 Å². The van der Waals surface area contributed by atoms with Crippen LogP contribution in [0.15, 0.2) is 58.4 Å². The first-order valence-corrected chi connectivity index (χ1v) is 5.77. The maximum absolute atomic E-state index is 11.8. The van der Waals surface area contributed by atoms with Gasteiger partial charge in [-0.2, -0.15) is 0 Å². The molecule has 0 spiro atoms. The fourth-order valence-corrected chi connectivity index (χ4v) is 1.67. The summed E-state index contributed by atoms with van der Waals surface area (Å²) in [6.07, 6.45) is 1.18. The Hall–Kier alpha value is -2.07. The van der Waals surface area contributed by atoms with Crippen LogP contribution in [0, 0.1) is 0 Å². The molecule has 3 nitrogen and oxygen atoms in total. The summed E-state index contributed by atoms with van der Waals surface area (Å²) in [5.41, 5.74) is 0.850. The highest BCUT2D eigenvalue weighted by atomic mass is 32.1. The van der Waals surface area contributed by atoms with Crippen molar-refractivity contribution in [3.63, 3.8) is 0 Å². The SMILES string of the molecule is O=C(C=Nc1ccccc1S)c1ccccc1O. The van der Waals surface area contributed by atoms with Gasteiger partial charge in [-0.3, -0.25) is 9.79 Å². The molecule has 0 heterocycles. The number of carbonyl (C=O) groups is 1. The van der Waals surface area contributed by atoms with E-state index in [-0.39, 0.29) is 17.1 Å². The lowest BCUT2D eigenvalue weighted by Crippen LogP contribution is -2.00. The van der Waals surface area contributed by atoms with Gasteiger partial charge in [0.1, 0.15) is 5.75 Å². The number of phenolic OH excluding ortho intramolecular Hbond substituents is 1. The third-order valence-corrected chi connectivity index (χ3v) is 2.75. The number of phenols is 1. The average molecular weight is 257 g/mol. The van der Waals surface area contributed by atoms with Crippen LogP contribution in [0.4, 0.5) is 5.69 Å². The Balaban J connectivity index is 2.23. The second-order valence-electron chi connectivity index (χ2n) is 3.63. The van der Waals surface area contributed by atoms with E-state index in [1.54, 1.807) is 30.3 Å². The number of carbonyl (C=O) groups excluding carboxylic acids is 1. The molecule has 0 amide bonds. The number of aromatic hydroxyl groups is 1. The maximum Gasteiger partial charge on any atom is 0.207 e. The molecule has 0 unspecified atom stereocenters. The number of para-hydroxylation sites is 2. The second-order valence-corrected chi connectivity index (χ2v) is 4.11. The van der Waals surface area contributed by atoms with Crippen molar-refractivity contribution < 1.29 is 9.90 Å². The van der Waals surface area contributed by atoms with Crippen molar-refractivity contribution in [1.29, 1.82) is 0 Å². The predicted octanol–water partition coefficient (Wildman–Crippen LogP) is 3.27. The number of Topliss-reactive ketones (excluding diaryl/α,β-unsaturated/α-hetero) is 1. The molecular formula is C14H11NO2S. The number of aliphatic imine (C=N–C) groups is 1. The molecule has 2 aromatic rings. The van der Waals surface area contributed by atoms with E-state index in [1.165, 1.54) is 12.3 Å². The van der Waals surface area contributed by atoms with Gasteiger partial charge in [-0.05, 0) is 24.3 Å². The third-order valence-electron chi connectivity index (χ3n) is 2.37. The molecular weight excluding hydrogens is 246 g/mol. The molecule has 2 rings (SSSR count). The van der Waals surface area contributed by atoms with Crippen molar-refractivity contribution in [2.24, 2.45) is 4.99 Å². The van der Waals surface area contributed by atoms with Crippen molar-refractivity contribution in [2.75, 3.05) is 0 Å². The Bertz CT molecular complexity index is 608. The highest BCUT2D eigenvalue weighted by Crippen LogP contribution is 2.22. The summed E-state index contributed by atoms with van der Waals surface area (Å²) >= 11 is 4.23. The smallest absolute Gasteiger partial charge is 0.207 e. The standard InChI is InChI=1S/C14H11NO2S/c16-12-7-3-1-5-10(12)13(17)9-15-11-6-2-4-8-14(11)18/h1-9,16,18H. The van der Waals surface area contributed by atoms with Gasteiger partial charge >= 0.3 is 0 Å². The van der Waals surface area contributed by atoms with E-state index in [0.29, 0.717) is 10.6 Å². The van der Waals surface area contributed by atoms with Gasteiger partial charge in [-0.15, -0.1) is 12.6 Å². The largest absolute Gasteiger partial charge is 0.507 e. The highest BCUT2D eigenvalue weighted by Gasteiger charge is 2.07. The summed E-state index contributed by atoms with van der Waals surface area (Å²) in [5, 5.41) is 9.54. The van der Waals surface area contributed by atoms with Gasteiger partial charge in [0.05, 0.1) is 17.5 Å². The van der Waals surface area contributed by atoms with Gasteiger partial charge in [-0.25, -0.2) is 0 Å². The van der Waals surface area contributed by atoms with Crippen molar-refractivity contribution in [2.45, 2.75) is 4.90 Å². The molecule has 0 saturated heterocycles. The number of benzene rings is 2. The average Bonchev–Trinajstić information content (AvgIpc) is 2.38. The zero-order valence-corrected chi connectivity index (χ0v) is 10.3. The lowest BCUT2D eigenvalue weighted by molar-refractivity contribution is 0.106. The molecule has 0 aliphatic heterocycles. The monoisotopic (exact) mass is 257 g/mol. The molecule has 2 aromatic carbocycles. The van der Waals surface area contributed by atoms with Gasteiger partial charge in [-0.1, -0.05) is 24.3 Å². The van der Waals surface area contributed by atoms with Crippen LogP contribution in [0.3, 0.4) is 0 Å². The fourth-order valence-electron chi connectivity index (χ4n) is 1.45. The molecule has 0 aliphatic carbocycles. The molecule has 90 valence electrons. The topological polar surface area (TPSA) is 49.7 Å². The number of hydrogen-bond acceptors (Lipinski definition) is 4. The van der Waals surface area contributed by atoms with Crippen LogP contribution in [0.1, 0.15) is 10.4 Å². The molecule has 0 saturated carbocycles. The highest BCUT2D eigenvalue weighted by molar-refractivity contribution is 7.80. The Morgan fingerprint density at radius 2 is 1.78 bits per heavy atom. The zero-order chi connectivity index (χ0) is 13.0. The molecule has 0 radical (unpaired) electrons. The van der Waals surface area contributed by atoms with E-state index in [1.807, 2.05) is 12.1 Å². The zero-order valence-electron chi connectivity index (χ0n) is 9.45. The number of ketones is 1. The molecule has 4 heteroatoms. The minimum Gasteiger partial charge on any atom is -0.507 e. The lowest BCUT2D eigenvalue weighted by atomic mass is 10.1. The van der Waals surface area contributed by atoms with E-state index >= 15 is 0 Å². The van der Waals surface area contributed by atoms with Crippen LogP contribution in [0.2, 0.25) is 0 Å². The van der Waals surface area contributed by atoms with Crippen molar-refractivity contribution in [1.82, 2.24) is 0 Å². The van der Waals surface area contributed by atoms with E-state index in [0.717, 1.165) is 0 Å². The lowest BCUT2D eigenvalue weighted by Gasteiger charge is -1.99. The van der Waals surface area contributed by atoms with Crippen LogP contribution in [0.25, 0.3) is 0 Å². The molecule has 0 aromatic heterocycles. The summed E-state index contributed by atoms with van der Waals surface area (Å²) in [6, 6.07) is 13.6. The van der Waals surface area contributed by atoms with Crippen LogP contribution in [-0.2, 0) is 0 Å². The summed E-state index contributed by atoms with van der Waals surface area (Å²) in [7, 11) is 0. The van der Waals surface area contributed by atoms with Crippen molar-refractivity contribution >= 4 is 30.3 Å². The van der Waals surface area contributed by atoms with Gasteiger partial charge in [0, 0.05) is 4.90 Å². The first kappa shape index (κ1) is 12.4. The fraction of sp³-hybridized carbons (Fsp3) is 0. The van der Waals surface area contributed by atoms with E-state index in [2.05, 4.69) is 17.6 Å². The van der Waals surface area contributed by atoms with Gasteiger partial charge in [0.2, 0.25) is 5.78 Å². The summed E-state index contributed by atoms with van der Waals surface area (Å²) in [6.45, 7) is 0. The van der Waals surface area contributed by atoms with Gasteiger partial charge < -0.3 is 5.11 Å². The Morgan fingerprint density at radius 1 is 1.11 bits per heavy atom. The molecule has 0 bridgehead atoms. The van der Waals surface area contributed by atoms with Crippen LogP contribution >= 0.6 is 12.6 Å². The molecule has 0 fully saturated rings. The summed E-state index contributed by atoms with van der Waals surface area (Å²) in [4.78, 5) is 16.6. The first-order valence-electron chi connectivity index (χ1n) is 5.33. The molecule has 18 heavy (non-hydrogen) atoms. The second kappa shape index (κ2) is 5.51. The number of thiol groups is 1. The Labute approximate surface area is 110 Å². The van der Waals surface area contributed by atoms with Crippen LogP contribution in [-0.4, -0.2) is 17.1 Å². The van der Waals surface area contributed by atoms with Gasteiger partial charge in [0.15, 0.2) is 0 Å². The third kappa shape index (κ3) is 2.78.